The Hall–Kier alpha value is -2.77. The molecule has 6 nitrogen and oxygen atoms in total. The molecule has 1 atom stereocenters. The number of aromatic nitrogens is 1. The van der Waals surface area contributed by atoms with E-state index in [2.05, 4.69) is 50.2 Å². The van der Waals surface area contributed by atoms with Crippen LogP contribution in [0.15, 0.2) is 93.9 Å². The molecule has 39 heavy (non-hydrogen) atoms. The fraction of sp³-hybridized carbons (Fsp3) is 0.167. The summed E-state index contributed by atoms with van der Waals surface area (Å²) in [5, 5.41) is 0. The number of thiazole rings is 1. The smallest absolute Gasteiger partial charge is 0.338 e. The van der Waals surface area contributed by atoms with E-state index in [9.17, 15) is 9.59 Å². The van der Waals surface area contributed by atoms with Crippen LogP contribution in [0, 0.1) is 7.14 Å². The monoisotopic (exact) mass is 762 g/mol. The predicted octanol–water partition coefficient (Wildman–Crippen LogP) is 5.59. The van der Waals surface area contributed by atoms with Crippen LogP contribution in [-0.2, 0) is 16.1 Å². The number of ether oxygens (including phenoxy) is 2. The number of hydrogen-bond acceptors (Lipinski definition) is 6. The molecule has 1 aliphatic heterocycles. The largest absolute Gasteiger partial charge is 0.487 e. The SMILES string of the molecule is CCOC(=O)C1=C(C)N=c2s/c(=C/c3cc(I)c(OCc4ccccc4)c(I)c3)c(=O)n2[C@@H]1c1ccccc1. The Morgan fingerprint density at radius 3 is 2.33 bits per heavy atom. The van der Waals surface area contributed by atoms with Crippen LogP contribution in [0.1, 0.15) is 36.6 Å². The molecule has 0 unspecified atom stereocenters. The van der Waals surface area contributed by atoms with E-state index < -0.39 is 12.0 Å². The topological polar surface area (TPSA) is 69.9 Å². The first kappa shape index (κ1) is 27.8. The van der Waals surface area contributed by atoms with Crippen molar-refractivity contribution in [2.45, 2.75) is 26.5 Å². The van der Waals surface area contributed by atoms with Gasteiger partial charge in [-0.25, -0.2) is 9.79 Å². The lowest BCUT2D eigenvalue weighted by Gasteiger charge is -2.24. The maximum Gasteiger partial charge on any atom is 0.338 e. The quantitative estimate of drug-likeness (QED) is 0.182. The van der Waals surface area contributed by atoms with Gasteiger partial charge in [0.05, 0.1) is 35.6 Å². The molecule has 0 saturated heterocycles. The van der Waals surface area contributed by atoms with Gasteiger partial charge in [0.2, 0.25) is 0 Å². The average Bonchev–Trinajstić information content (AvgIpc) is 3.22. The number of benzene rings is 3. The first-order valence-electron chi connectivity index (χ1n) is 12.3. The maximum absolute atomic E-state index is 13.8. The zero-order valence-corrected chi connectivity index (χ0v) is 26.3. The van der Waals surface area contributed by atoms with Gasteiger partial charge in [0.15, 0.2) is 4.80 Å². The third-order valence-corrected chi connectivity index (χ3v) is 8.76. The number of fused-ring (bicyclic) bond motifs is 1. The van der Waals surface area contributed by atoms with E-state index in [4.69, 9.17) is 9.47 Å². The van der Waals surface area contributed by atoms with E-state index >= 15 is 0 Å². The van der Waals surface area contributed by atoms with Crippen LogP contribution in [0.2, 0.25) is 0 Å². The Labute approximate surface area is 257 Å². The zero-order valence-electron chi connectivity index (χ0n) is 21.2. The highest BCUT2D eigenvalue weighted by Gasteiger charge is 2.33. The summed E-state index contributed by atoms with van der Waals surface area (Å²) in [6, 6.07) is 23.0. The molecular weight excluding hydrogens is 738 g/mol. The normalized spacial score (nSPS) is 15.1. The summed E-state index contributed by atoms with van der Waals surface area (Å²) < 4.78 is 15.5. The van der Waals surface area contributed by atoms with Crippen molar-refractivity contribution in [3.63, 3.8) is 0 Å². The van der Waals surface area contributed by atoms with E-state index in [1.54, 1.807) is 18.4 Å². The van der Waals surface area contributed by atoms with Gasteiger partial charge in [0, 0.05) is 0 Å². The van der Waals surface area contributed by atoms with Crippen molar-refractivity contribution in [1.82, 2.24) is 4.57 Å². The van der Waals surface area contributed by atoms with Crippen LogP contribution in [0.5, 0.6) is 5.75 Å². The molecule has 0 bridgehead atoms. The van der Waals surface area contributed by atoms with Crippen LogP contribution in [0.25, 0.3) is 6.08 Å². The number of nitrogens with zero attached hydrogens (tertiary/aromatic N) is 2. The van der Waals surface area contributed by atoms with Gasteiger partial charge in [-0.3, -0.25) is 9.36 Å². The van der Waals surface area contributed by atoms with Crippen molar-refractivity contribution in [3.05, 3.63) is 128 Å². The molecule has 5 rings (SSSR count). The number of rotatable bonds is 7. The van der Waals surface area contributed by atoms with Gasteiger partial charge in [-0.05, 0) is 93.9 Å². The van der Waals surface area contributed by atoms with Crippen LogP contribution in [0.3, 0.4) is 0 Å². The van der Waals surface area contributed by atoms with Gasteiger partial charge >= 0.3 is 5.97 Å². The molecule has 198 valence electrons. The van der Waals surface area contributed by atoms with Crippen molar-refractivity contribution >= 4 is 68.6 Å². The third-order valence-electron chi connectivity index (χ3n) is 6.18. The van der Waals surface area contributed by atoms with Gasteiger partial charge < -0.3 is 9.47 Å². The standard InChI is InChI=1S/C30H24I2N2O4S/c1-3-37-29(36)25-18(2)33-30-34(26(25)21-12-8-5-9-13-21)28(35)24(39-30)16-20-14-22(31)27(23(32)15-20)38-17-19-10-6-4-7-11-19/h4-16,26H,3,17H2,1-2H3/b24-16+/t26-/m1/s1. The number of carbonyl (C=O) groups excluding carboxylic acids is 1. The van der Waals surface area contributed by atoms with Crippen molar-refractivity contribution < 1.29 is 14.3 Å². The second kappa shape index (κ2) is 12.2. The van der Waals surface area contributed by atoms with Crippen LogP contribution in [-0.4, -0.2) is 17.1 Å². The van der Waals surface area contributed by atoms with Crippen LogP contribution >= 0.6 is 56.5 Å². The van der Waals surface area contributed by atoms with E-state index in [1.807, 2.05) is 78.9 Å². The molecule has 0 fully saturated rings. The van der Waals surface area contributed by atoms with Crippen molar-refractivity contribution in [2.24, 2.45) is 4.99 Å². The molecular formula is C30H24I2N2O4S. The minimum Gasteiger partial charge on any atom is -0.487 e. The lowest BCUT2D eigenvalue weighted by molar-refractivity contribution is -0.139. The second-order valence-electron chi connectivity index (χ2n) is 8.80. The summed E-state index contributed by atoms with van der Waals surface area (Å²) in [5.41, 5.74) is 3.55. The third kappa shape index (κ3) is 5.90. The number of hydrogen-bond donors (Lipinski definition) is 0. The molecule has 0 spiro atoms. The summed E-state index contributed by atoms with van der Waals surface area (Å²) >= 11 is 5.85. The highest BCUT2D eigenvalue weighted by molar-refractivity contribution is 14.1. The molecule has 9 heteroatoms. The van der Waals surface area contributed by atoms with Crippen LogP contribution < -0.4 is 19.6 Å². The van der Waals surface area contributed by atoms with Gasteiger partial charge in [0.25, 0.3) is 5.56 Å². The highest BCUT2D eigenvalue weighted by atomic mass is 127. The summed E-state index contributed by atoms with van der Waals surface area (Å²) in [6.07, 6.45) is 1.88. The predicted molar refractivity (Wildman–Crippen MR) is 169 cm³/mol. The molecule has 3 aromatic carbocycles. The van der Waals surface area contributed by atoms with Crippen molar-refractivity contribution in [2.75, 3.05) is 6.61 Å². The first-order valence-corrected chi connectivity index (χ1v) is 15.2. The Kier molecular flexibility index (Phi) is 8.67. The van der Waals surface area contributed by atoms with Gasteiger partial charge in [0.1, 0.15) is 12.4 Å². The molecule has 4 aromatic rings. The highest BCUT2D eigenvalue weighted by Crippen LogP contribution is 2.31. The van der Waals surface area contributed by atoms with E-state index in [0.717, 1.165) is 29.6 Å². The van der Waals surface area contributed by atoms with Crippen LogP contribution in [0.4, 0.5) is 0 Å². The molecule has 1 aliphatic rings. The minimum atomic E-state index is -0.613. The summed E-state index contributed by atoms with van der Waals surface area (Å²) in [5.74, 6) is 0.356. The average molecular weight is 762 g/mol. The van der Waals surface area contributed by atoms with E-state index in [0.29, 0.717) is 27.2 Å². The molecule has 0 N–H and O–H groups in total. The molecule has 0 saturated carbocycles. The summed E-state index contributed by atoms with van der Waals surface area (Å²) in [6.45, 7) is 4.27. The maximum atomic E-state index is 13.8. The number of esters is 1. The summed E-state index contributed by atoms with van der Waals surface area (Å²) in [4.78, 5) is 32.0. The fourth-order valence-corrected chi connectivity index (χ4v) is 7.60. The van der Waals surface area contributed by atoms with Crippen molar-refractivity contribution in [1.29, 1.82) is 0 Å². The lowest BCUT2D eigenvalue weighted by atomic mass is 9.96. The molecule has 1 aromatic heterocycles. The van der Waals surface area contributed by atoms with E-state index in [1.165, 1.54) is 11.3 Å². The Balaban J connectivity index is 1.56. The second-order valence-corrected chi connectivity index (χ2v) is 12.1. The molecule has 2 heterocycles. The van der Waals surface area contributed by atoms with Gasteiger partial charge in [-0.15, -0.1) is 0 Å². The lowest BCUT2D eigenvalue weighted by Crippen LogP contribution is -2.39. The number of carbonyl (C=O) groups is 1. The Morgan fingerprint density at radius 2 is 1.69 bits per heavy atom. The molecule has 0 amide bonds. The first-order chi connectivity index (χ1) is 18.9. The number of allylic oxidation sites excluding steroid dienone is 1. The summed E-state index contributed by atoms with van der Waals surface area (Å²) in [7, 11) is 0. The number of halogens is 2. The zero-order chi connectivity index (χ0) is 27.5. The molecule has 0 aliphatic carbocycles. The minimum absolute atomic E-state index is 0.198. The van der Waals surface area contributed by atoms with Gasteiger partial charge in [-0.1, -0.05) is 72.0 Å². The molecule has 0 radical (unpaired) electrons. The fourth-order valence-electron chi connectivity index (χ4n) is 4.42. The Morgan fingerprint density at radius 1 is 1.05 bits per heavy atom. The van der Waals surface area contributed by atoms with Gasteiger partial charge in [-0.2, -0.15) is 0 Å². The van der Waals surface area contributed by atoms with Crippen molar-refractivity contribution in [3.8, 4) is 5.75 Å². The van der Waals surface area contributed by atoms with E-state index in [-0.39, 0.29) is 12.2 Å². The Bertz CT molecular complexity index is 1720.